The topological polar surface area (TPSA) is 38.1 Å². The molecule has 0 bridgehead atoms. The summed E-state index contributed by atoms with van der Waals surface area (Å²) in [6, 6.07) is 1.80. The smallest absolute Gasteiger partial charge is 0.416 e. The SMILES string of the molecule is CCCNC(c1cnccc1C(F)(F)F)c1ccoc1Cl. The second-order valence-electron chi connectivity index (χ2n) is 4.50. The summed E-state index contributed by atoms with van der Waals surface area (Å²) in [6.07, 6.45) is -0.00417. The fourth-order valence-electron chi connectivity index (χ4n) is 2.08. The quantitative estimate of drug-likeness (QED) is 0.886. The molecule has 0 saturated carbocycles. The zero-order chi connectivity index (χ0) is 15.5. The first kappa shape index (κ1) is 15.9. The number of nitrogens with one attached hydrogen (secondary N) is 1. The number of furan rings is 1. The van der Waals surface area contributed by atoms with Crippen molar-refractivity contribution >= 4 is 11.6 Å². The van der Waals surface area contributed by atoms with Crippen LogP contribution >= 0.6 is 11.6 Å². The second-order valence-corrected chi connectivity index (χ2v) is 4.84. The molecule has 3 nitrogen and oxygen atoms in total. The summed E-state index contributed by atoms with van der Waals surface area (Å²) in [4.78, 5) is 3.81. The first-order valence-corrected chi connectivity index (χ1v) is 6.80. The third kappa shape index (κ3) is 3.57. The van der Waals surface area contributed by atoms with Gasteiger partial charge in [0.2, 0.25) is 0 Å². The first-order chi connectivity index (χ1) is 9.95. The van der Waals surface area contributed by atoms with E-state index in [2.05, 4.69) is 10.3 Å². The molecule has 0 radical (unpaired) electrons. The Morgan fingerprint density at radius 3 is 2.67 bits per heavy atom. The highest BCUT2D eigenvalue weighted by Crippen LogP contribution is 2.37. The Kier molecular flexibility index (Phi) is 4.90. The number of hydrogen-bond acceptors (Lipinski definition) is 3. The predicted octanol–water partition coefficient (Wildman–Crippen LogP) is 4.44. The van der Waals surface area contributed by atoms with Crippen LogP contribution in [0.1, 0.15) is 36.1 Å². The molecule has 21 heavy (non-hydrogen) atoms. The van der Waals surface area contributed by atoms with Gasteiger partial charge >= 0.3 is 6.18 Å². The van der Waals surface area contributed by atoms with Gasteiger partial charge in [0.25, 0.3) is 0 Å². The number of aromatic nitrogens is 1. The monoisotopic (exact) mass is 318 g/mol. The van der Waals surface area contributed by atoms with Crippen LogP contribution in [0.5, 0.6) is 0 Å². The first-order valence-electron chi connectivity index (χ1n) is 6.42. The van der Waals surface area contributed by atoms with Crippen molar-refractivity contribution in [3.05, 3.63) is 52.7 Å². The van der Waals surface area contributed by atoms with Gasteiger partial charge in [0.1, 0.15) is 0 Å². The van der Waals surface area contributed by atoms with Crippen molar-refractivity contribution in [1.82, 2.24) is 10.3 Å². The molecule has 0 aromatic carbocycles. The van der Waals surface area contributed by atoms with Gasteiger partial charge in [0.05, 0.1) is 17.9 Å². The third-order valence-corrected chi connectivity index (χ3v) is 3.33. The summed E-state index contributed by atoms with van der Waals surface area (Å²) in [5.41, 5.74) is -0.242. The number of nitrogens with zero attached hydrogens (tertiary/aromatic N) is 1. The second kappa shape index (κ2) is 6.49. The van der Waals surface area contributed by atoms with Crippen LogP contribution in [0.25, 0.3) is 0 Å². The number of rotatable bonds is 5. The Bertz CT molecular complexity index is 598. The normalized spacial score (nSPS) is 13.4. The lowest BCUT2D eigenvalue weighted by Gasteiger charge is -2.21. The Hall–Kier alpha value is -1.53. The van der Waals surface area contributed by atoms with Crippen LogP contribution in [0.4, 0.5) is 13.2 Å². The zero-order valence-corrected chi connectivity index (χ0v) is 12.0. The molecule has 114 valence electrons. The minimum atomic E-state index is -4.46. The summed E-state index contributed by atoms with van der Waals surface area (Å²) in [5, 5.41) is 3.13. The van der Waals surface area contributed by atoms with E-state index in [9.17, 15) is 13.2 Å². The van der Waals surface area contributed by atoms with Gasteiger partial charge in [-0.1, -0.05) is 6.92 Å². The van der Waals surface area contributed by atoms with E-state index < -0.39 is 17.8 Å². The molecule has 0 fully saturated rings. The third-order valence-electron chi connectivity index (χ3n) is 3.02. The van der Waals surface area contributed by atoms with E-state index in [4.69, 9.17) is 16.0 Å². The van der Waals surface area contributed by atoms with E-state index in [1.165, 1.54) is 12.5 Å². The maximum absolute atomic E-state index is 13.2. The van der Waals surface area contributed by atoms with Gasteiger partial charge in [-0.05, 0) is 36.7 Å². The molecular formula is C14H14ClF3N2O. The van der Waals surface area contributed by atoms with Crippen molar-refractivity contribution in [1.29, 1.82) is 0 Å². The lowest BCUT2D eigenvalue weighted by Crippen LogP contribution is -2.26. The number of alkyl halides is 3. The highest BCUT2D eigenvalue weighted by molar-refractivity contribution is 6.29. The van der Waals surface area contributed by atoms with Crippen LogP contribution in [0.3, 0.4) is 0 Å². The average Bonchev–Trinajstić information content (AvgIpc) is 2.85. The summed E-state index contributed by atoms with van der Waals surface area (Å²) in [7, 11) is 0. The molecule has 2 aromatic heterocycles. The fourth-order valence-corrected chi connectivity index (χ4v) is 2.30. The van der Waals surface area contributed by atoms with Crippen LogP contribution in [-0.4, -0.2) is 11.5 Å². The van der Waals surface area contributed by atoms with Crippen molar-refractivity contribution < 1.29 is 17.6 Å². The van der Waals surface area contributed by atoms with E-state index >= 15 is 0 Å². The van der Waals surface area contributed by atoms with Gasteiger partial charge in [-0.2, -0.15) is 13.2 Å². The molecule has 0 aliphatic carbocycles. The van der Waals surface area contributed by atoms with Gasteiger partial charge in [0.15, 0.2) is 5.22 Å². The number of hydrogen-bond donors (Lipinski definition) is 1. The molecule has 2 heterocycles. The summed E-state index contributed by atoms with van der Waals surface area (Å²) in [5.74, 6) is 0. The Morgan fingerprint density at radius 2 is 2.10 bits per heavy atom. The molecular weight excluding hydrogens is 305 g/mol. The molecule has 1 N–H and O–H groups in total. The van der Waals surface area contributed by atoms with E-state index in [0.29, 0.717) is 12.1 Å². The lowest BCUT2D eigenvalue weighted by atomic mass is 9.97. The van der Waals surface area contributed by atoms with E-state index in [1.54, 1.807) is 6.07 Å². The van der Waals surface area contributed by atoms with E-state index in [-0.39, 0.29) is 10.8 Å². The van der Waals surface area contributed by atoms with E-state index in [0.717, 1.165) is 18.7 Å². The molecule has 0 amide bonds. The van der Waals surface area contributed by atoms with Crippen molar-refractivity contribution in [2.75, 3.05) is 6.54 Å². The molecule has 0 aliphatic rings. The Balaban J connectivity index is 2.50. The lowest BCUT2D eigenvalue weighted by molar-refractivity contribution is -0.138. The maximum atomic E-state index is 13.2. The molecule has 7 heteroatoms. The minimum Gasteiger partial charge on any atom is -0.453 e. The largest absolute Gasteiger partial charge is 0.453 e. The number of halogens is 4. The van der Waals surface area contributed by atoms with Crippen LogP contribution < -0.4 is 5.32 Å². The molecule has 2 rings (SSSR count). The van der Waals surface area contributed by atoms with Crippen LogP contribution in [0.2, 0.25) is 5.22 Å². The predicted molar refractivity (Wildman–Crippen MR) is 73.1 cm³/mol. The summed E-state index contributed by atoms with van der Waals surface area (Å²) in [6.45, 7) is 2.47. The summed E-state index contributed by atoms with van der Waals surface area (Å²) < 4.78 is 44.5. The van der Waals surface area contributed by atoms with Crippen molar-refractivity contribution in [3.63, 3.8) is 0 Å². The van der Waals surface area contributed by atoms with Gasteiger partial charge in [-0.15, -0.1) is 0 Å². The van der Waals surface area contributed by atoms with Crippen LogP contribution in [-0.2, 0) is 6.18 Å². The Labute approximate surface area is 125 Å². The molecule has 2 aromatic rings. The van der Waals surface area contributed by atoms with Gasteiger partial charge in [-0.25, -0.2) is 0 Å². The van der Waals surface area contributed by atoms with E-state index in [1.807, 2.05) is 6.92 Å². The van der Waals surface area contributed by atoms with Crippen LogP contribution in [0, 0.1) is 0 Å². The van der Waals surface area contributed by atoms with Crippen molar-refractivity contribution in [2.45, 2.75) is 25.6 Å². The highest BCUT2D eigenvalue weighted by Gasteiger charge is 2.36. The van der Waals surface area contributed by atoms with Gasteiger partial charge in [-0.3, -0.25) is 4.98 Å². The fraction of sp³-hybridized carbons (Fsp3) is 0.357. The van der Waals surface area contributed by atoms with Crippen LogP contribution in [0.15, 0.2) is 35.2 Å². The molecule has 0 saturated heterocycles. The maximum Gasteiger partial charge on any atom is 0.416 e. The highest BCUT2D eigenvalue weighted by atomic mass is 35.5. The summed E-state index contributed by atoms with van der Waals surface area (Å²) >= 11 is 5.92. The average molecular weight is 319 g/mol. The van der Waals surface area contributed by atoms with Gasteiger partial charge < -0.3 is 9.73 Å². The molecule has 1 unspecified atom stereocenters. The van der Waals surface area contributed by atoms with Crippen molar-refractivity contribution in [3.8, 4) is 0 Å². The Morgan fingerprint density at radius 1 is 1.33 bits per heavy atom. The molecule has 0 spiro atoms. The molecule has 1 atom stereocenters. The van der Waals surface area contributed by atoms with Gasteiger partial charge in [0, 0.05) is 23.5 Å². The number of pyridine rings is 1. The standard InChI is InChI=1S/C14H14ClF3N2O/c1-2-5-20-12(9-4-7-21-13(9)15)10-8-19-6-3-11(10)14(16,17)18/h3-4,6-8,12,20H,2,5H2,1H3. The minimum absolute atomic E-state index is 0.0294. The van der Waals surface area contributed by atoms with Crippen molar-refractivity contribution in [2.24, 2.45) is 0 Å². The zero-order valence-electron chi connectivity index (χ0n) is 11.2. The molecule has 0 aliphatic heterocycles.